The smallest absolute Gasteiger partial charge is 0.416 e. The molecule has 5 aromatic rings. The van der Waals surface area contributed by atoms with Crippen LogP contribution in [0.2, 0.25) is 5.02 Å². The van der Waals surface area contributed by atoms with Gasteiger partial charge in [0.2, 0.25) is 11.7 Å². The van der Waals surface area contributed by atoms with Crippen LogP contribution < -0.4 is 10.9 Å². The Morgan fingerprint density at radius 2 is 1.94 bits per heavy atom. The number of benzene rings is 2. The highest BCUT2D eigenvalue weighted by molar-refractivity contribution is 6.33. The van der Waals surface area contributed by atoms with Crippen LogP contribution >= 0.6 is 11.6 Å². The number of halogens is 4. The van der Waals surface area contributed by atoms with Gasteiger partial charge < -0.3 is 34.3 Å². The van der Waals surface area contributed by atoms with Crippen LogP contribution in [0.3, 0.4) is 0 Å². The van der Waals surface area contributed by atoms with Crippen LogP contribution in [0.4, 0.5) is 18.9 Å². The summed E-state index contributed by atoms with van der Waals surface area (Å²) in [5.41, 5.74) is -0.247. The molecule has 3 aliphatic rings. The molecule has 51 heavy (non-hydrogen) atoms. The van der Waals surface area contributed by atoms with E-state index in [1.54, 1.807) is 23.2 Å². The SMILES string of the molecule is O=C(Cn1c2c(c(=O)n3nc(C4=CCOCC4)nc13)C1(CCN(C(=O)c3cc4cc[nH]c4cc3O)CC1)OC2)Nc1ccc(C(F)(F)F)cc1Cl. The van der Waals surface area contributed by atoms with Crippen molar-refractivity contribution >= 4 is 51.4 Å². The number of H-pyrrole nitrogens is 1. The van der Waals surface area contributed by atoms with Gasteiger partial charge in [0, 0.05) is 36.3 Å². The van der Waals surface area contributed by atoms with E-state index in [0.29, 0.717) is 36.7 Å². The van der Waals surface area contributed by atoms with Crippen molar-refractivity contribution in [3.63, 3.8) is 0 Å². The molecule has 17 heteroatoms. The van der Waals surface area contributed by atoms with Crippen LogP contribution in [0, 0.1) is 0 Å². The first-order valence-electron chi connectivity index (χ1n) is 16.1. The number of piperidine rings is 1. The molecule has 264 valence electrons. The molecule has 3 N–H and O–H groups in total. The van der Waals surface area contributed by atoms with Gasteiger partial charge in [0.1, 0.15) is 17.9 Å². The summed E-state index contributed by atoms with van der Waals surface area (Å²) < 4.78 is 54.0. The molecule has 0 atom stereocenters. The average Bonchev–Trinajstić information content (AvgIpc) is 3.85. The minimum Gasteiger partial charge on any atom is -0.507 e. The Hall–Kier alpha value is -5.19. The average molecular weight is 724 g/mol. The van der Waals surface area contributed by atoms with Gasteiger partial charge in [-0.15, -0.1) is 5.10 Å². The van der Waals surface area contributed by atoms with Crippen molar-refractivity contribution < 1.29 is 37.3 Å². The Labute approximate surface area is 291 Å². The zero-order valence-corrected chi connectivity index (χ0v) is 27.5. The molecular formula is C34H29ClF3N7O6. The topological polar surface area (TPSA) is 156 Å². The minimum absolute atomic E-state index is 0.0238. The van der Waals surface area contributed by atoms with E-state index in [1.807, 2.05) is 6.08 Å². The number of hydrogen-bond acceptors (Lipinski definition) is 8. The lowest BCUT2D eigenvalue weighted by atomic mass is 9.85. The molecule has 0 aliphatic carbocycles. The maximum atomic E-state index is 14.3. The van der Waals surface area contributed by atoms with Crippen molar-refractivity contribution in [1.82, 2.24) is 29.0 Å². The first kappa shape index (κ1) is 33.0. The third kappa shape index (κ3) is 5.72. The third-order valence-corrected chi connectivity index (χ3v) is 9.99. The van der Waals surface area contributed by atoms with Gasteiger partial charge in [-0.3, -0.25) is 14.4 Å². The number of nitrogens with zero attached hydrogens (tertiary/aromatic N) is 5. The number of rotatable bonds is 5. The fraction of sp³-hybridized carbons (Fsp3) is 0.324. The van der Waals surface area contributed by atoms with Gasteiger partial charge in [0.15, 0.2) is 5.82 Å². The number of amides is 2. The van der Waals surface area contributed by atoms with E-state index in [0.717, 1.165) is 33.7 Å². The lowest BCUT2D eigenvalue weighted by Gasteiger charge is -2.38. The quantitative estimate of drug-likeness (QED) is 0.232. The molecule has 6 heterocycles. The standard InChI is InChI=1S/C34H29ClF3N7O6/c35-22-14-20(34(36,37)38)1-2-23(22)40-27(47)16-44-25-17-51-33(28(25)31(49)45-32(44)41-29(42-45)18-4-11-50-12-5-18)6-9-43(10-7-33)30(48)21-13-19-3-8-39-24(19)15-26(21)46/h1-4,8,13-15,39,46H,5-7,9-12,16-17H2,(H,40,47). The molecule has 1 saturated heterocycles. The van der Waals surface area contributed by atoms with Crippen molar-refractivity contribution in [1.29, 1.82) is 0 Å². The maximum absolute atomic E-state index is 14.3. The largest absolute Gasteiger partial charge is 0.507 e. The van der Waals surface area contributed by atoms with Gasteiger partial charge in [-0.2, -0.15) is 22.7 Å². The van der Waals surface area contributed by atoms with Gasteiger partial charge in [0.05, 0.1) is 52.9 Å². The van der Waals surface area contributed by atoms with Crippen LogP contribution in [0.25, 0.3) is 22.3 Å². The summed E-state index contributed by atoms with van der Waals surface area (Å²) >= 11 is 6.11. The highest BCUT2D eigenvalue weighted by atomic mass is 35.5. The summed E-state index contributed by atoms with van der Waals surface area (Å²) in [6, 6.07) is 7.56. The van der Waals surface area contributed by atoms with E-state index in [4.69, 9.17) is 21.1 Å². The van der Waals surface area contributed by atoms with Crippen LogP contribution in [-0.4, -0.2) is 72.3 Å². The number of likely N-dealkylation sites (tertiary alicyclic amines) is 1. The van der Waals surface area contributed by atoms with Crippen LogP contribution in [0.5, 0.6) is 5.75 Å². The Balaban J connectivity index is 1.13. The van der Waals surface area contributed by atoms with Crippen molar-refractivity contribution in [2.24, 2.45) is 0 Å². The maximum Gasteiger partial charge on any atom is 0.416 e. The second-order valence-electron chi connectivity index (χ2n) is 12.7. The predicted octanol–water partition coefficient (Wildman–Crippen LogP) is 4.85. The van der Waals surface area contributed by atoms with Crippen LogP contribution in [-0.2, 0) is 39.2 Å². The zero-order valence-electron chi connectivity index (χ0n) is 26.7. The molecular weight excluding hydrogens is 695 g/mol. The molecule has 0 saturated carbocycles. The molecule has 0 unspecified atom stereocenters. The van der Waals surface area contributed by atoms with Gasteiger partial charge in [-0.1, -0.05) is 17.7 Å². The van der Waals surface area contributed by atoms with Crippen molar-refractivity contribution in [2.45, 2.75) is 44.2 Å². The number of ether oxygens (including phenoxy) is 2. The number of alkyl halides is 3. The molecule has 3 aliphatic heterocycles. The second-order valence-corrected chi connectivity index (χ2v) is 13.1. The van der Waals surface area contributed by atoms with Gasteiger partial charge in [-0.25, -0.2) is 0 Å². The fourth-order valence-corrected chi connectivity index (χ4v) is 7.27. The number of aromatic amines is 1. The first-order chi connectivity index (χ1) is 24.4. The van der Waals surface area contributed by atoms with Gasteiger partial charge in [-0.05, 0) is 55.2 Å². The molecule has 3 aromatic heterocycles. The molecule has 13 nitrogen and oxygen atoms in total. The number of phenolic OH excluding ortho intramolecular Hbond substituents is 1. The summed E-state index contributed by atoms with van der Waals surface area (Å²) in [6.07, 6.45) is -0.0659. The predicted molar refractivity (Wildman–Crippen MR) is 177 cm³/mol. The first-order valence-corrected chi connectivity index (χ1v) is 16.5. The molecule has 1 spiro atoms. The highest BCUT2D eigenvalue weighted by Gasteiger charge is 2.48. The molecule has 2 amide bonds. The number of aromatic nitrogens is 5. The van der Waals surface area contributed by atoms with Gasteiger partial charge >= 0.3 is 6.18 Å². The third-order valence-electron chi connectivity index (χ3n) is 9.67. The number of fused-ring (bicyclic) bond motifs is 4. The lowest BCUT2D eigenvalue weighted by Crippen LogP contribution is -2.47. The number of aromatic hydroxyl groups is 1. The minimum atomic E-state index is -4.61. The fourth-order valence-electron chi connectivity index (χ4n) is 7.04. The number of anilines is 1. The summed E-state index contributed by atoms with van der Waals surface area (Å²) in [4.78, 5) is 50.5. The van der Waals surface area contributed by atoms with E-state index in [9.17, 15) is 32.7 Å². The van der Waals surface area contributed by atoms with E-state index in [1.165, 1.54) is 10.6 Å². The van der Waals surface area contributed by atoms with Crippen molar-refractivity contribution in [3.8, 4) is 5.75 Å². The molecule has 0 radical (unpaired) electrons. The van der Waals surface area contributed by atoms with Crippen molar-refractivity contribution in [2.75, 3.05) is 31.6 Å². The summed E-state index contributed by atoms with van der Waals surface area (Å²) in [7, 11) is 0. The van der Waals surface area contributed by atoms with Crippen molar-refractivity contribution in [3.05, 3.63) is 92.3 Å². The zero-order chi connectivity index (χ0) is 35.7. The number of carbonyl (C=O) groups excluding carboxylic acids is 2. The lowest BCUT2D eigenvalue weighted by molar-refractivity contribution is -0.137. The monoisotopic (exact) mass is 723 g/mol. The highest BCUT2D eigenvalue weighted by Crippen LogP contribution is 2.43. The Kier molecular flexibility index (Phi) is 7.92. The Morgan fingerprint density at radius 3 is 2.67 bits per heavy atom. The normalized spacial score (nSPS) is 17.3. The second kappa shape index (κ2) is 12.2. The van der Waals surface area contributed by atoms with Gasteiger partial charge in [0.25, 0.3) is 11.5 Å². The van der Waals surface area contributed by atoms with E-state index in [2.05, 4.69) is 20.4 Å². The van der Waals surface area contributed by atoms with Crippen LogP contribution in [0.15, 0.2) is 53.5 Å². The molecule has 1 fully saturated rings. The summed E-state index contributed by atoms with van der Waals surface area (Å²) in [6.45, 7) is 0.777. The van der Waals surface area contributed by atoms with E-state index >= 15 is 0 Å². The van der Waals surface area contributed by atoms with Crippen LogP contribution in [0.1, 0.15) is 52.3 Å². The van der Waals surface area contributed by atoms with E-state index in [-0.39, 0.29) is 71.8 Å². The molecule has 8 rings (SSSR count). The van der Waals surface area contributed by atoms with E-state index < -0.39 is 35.4 Å². The number of phenols is 1. The number of carbonyl (C=O) groups is 2. The summed E-state index contributed by atoms with van der Waals surface area (Å²) in [5, 5.41) is 18.2. The summed E-state index contributed by atoms with van der Waals surface area (Å²) in [5.74, 6) is -0.770. The Morgan fingerprint density at radius 1 is 1.14 bits per heavy atom. The molecule has 2 aromatic carbocycles. The Bertz CT molecular complexity index is 2340. The molecule has 0 bridgehead atoms. The number of nitrogens with one attached hydrogen (secondary N) is 2. The number of hydrogen-bond donors (Lipinski definition) is 3.